The standard InChI is InChI=1S/C15H24BrNOS/c1-17-14(9-13-8-12(16)10-19-13)15(18-2)11-6-4-3-5-7-11/h8,10-11,14-15,17H,3-7,9H2,1-2H3. The average molecular weight is 346 g/mol. The predicted molar refractivity (Wildman–Crippen MR) is 85.9 cm³/mol. The van der Waals surface area contributed by atoms with Crippen LogP contribution in [0.4, 0.5) is 0 Å². The smallest absolute Gasteiger partial charge is 0.0755 e. The fraction of sp³-hybridized carbons (Fsp3) is 0.733. The maximum Gasteiger partial charge on any atom is 0.0755 e. The zero-order chi connectivity index (χ0) is 13.7. The first-order valence-corrected chi connectivity index (χ1v) is 8.85. The lowest BCUT2D eigenvalue weighted by atomic mass is 9.81. The molecule has 2 nitrogen and oxygen atoms in total. The number of thiophene rings is 1. The number of rotatable bonds is 6. The molecule has 0 radical (unpaired) electrons. The molecule has 1 N–H and O–H groups in total. The molecule has 108 valence electrons. The Labute approximate surface area is 129 Å². The number of ether oxygens (including phenoxy) is 1. The Morgan fingerprint density at radius 3 is 2.68 bits per heavy atom. The van der Waals surface area contributed by atoms with Gasteiger partial charge in [-0.15, -0.1) is 11.3 Å². The van der Waals surface area contributed by atoms with Gasteiger partial charge in [0.2, 0.25) is 0 Å². The van der Waals surface area contributed by atoms with Crippen LogP contribution in [-0.4, -0.2) is 26.3 Å². The largest absolute Gasteiger partial charge is 0.380 e. The van der Waals surface area contributed by atoms with Crippen molar-refractivity contribution in [3.63, 3.8) is 0 Å². The number of hydrogen-bond acceptors (Lipinski definition) is 3. The molecule has 1 saturated carbocycles. The second kappa shape index (κ2) is 7.77. The maximum atomic E-state index is 5.85. The fourth-order valence-corrected chi connectivity index (χ4v) is 4.72. The first kappa shape index (κ1) is 15.5. The lowest BCUT2D eigenvalue weighted by molar-refractivity contribution is 0.0103. The summed E-state index contributed by atoms with van der Waals surface area (Å²) in [5, 5.41) is 5.63. The summed E-state index contributed by atoms with van der Waals surface area (Å²) < 4.78 is 7.04. The van der Waals surface area contributed by atoms with Crippen LogP contribution in [0, 0.1) is 5.92 Å². The molecule has 1 aromatic heterocycles. The Hall–Kier alpha value is 0.1000. The highest BCUT2D eigenvalue weighted by molar-refractivity contribution is 9.10. The van der Waals surface area contributed by atoms with E-state index >= 15 is 0 Å². The van der Waals surface area contributed by atoms with E-state index in [1.165, 1.54) is 41.5 Å². The number of hydrogen-bond donors (Lipinski definition) is 1. The Kier molecular flexibility index (Phi) is 6.33. The Morgan fingerprint density at radius 2 is 2.16 bits per heavy atom. The third-order valence-electron chi connectivity index (χ3n) is 4.20. The minimum absolute atomic E-state index is 0.339. The van der Waals surface area contributed by atoms with Gasteiger partial charge in [-0.25, -0.2) is 0 Å². The number of halogens is 1. The van der Waals surface area contributed by atoms with Crippen LogP contribution in [0.25, 0.3) is 0 Å². The zero-order valence-electron chi connectivity index (χ0n) is 11.8. The number of likely N-dealkylation sites (N-methyl/N-ethyl adjacent to an activating group) is 1. The summed E-state index contributed by atoms with van der Waals surface area (Å²) in [5.41, 5.74) is 0. The van der Waals surface area contributed by atoms with E-state index in [9.17, 15) is 0 Å². The first-order chi connectivity index (χ1) is 9.24. The molecule has 0 spiro atoms. The molecule has 1 aliphatic carbocycles. The van der Waals surface area contributed by atoms with Gasteiger partial charge in [0, 0.05) is 27.9 Å². The van der Waals surface area contributed by atoms with Gasteiger partial charge in [0.25, 0.3) is 0 Å². The van der Waals surface area contributed by atoms with Gasteiger partial charge in [0.1, 0.15) is 0 Å². The van der Waals surface area contributed by atoms with Crippen LogP contribution in [0.15, 0.2) is 15.9 Å². The van der Waals surface area contributed by atoms with E-state index in [-0.39, 0.29) is 0 Å². The summed E-state index contributed by atoms with van der Waals surface area (Å²) >= 11 is 5.36. The molecule has 1 heterocycles. The molecule has 19 heavy (non-hydrogen) atoms. The molecule has 0 aromatic carbocycles. The average Bonchev–Trinajstić information content (AvgIpc) is 2.85. The van der Waals surface area contributed by atoms with Crippen molar-refractivity contribution in [3.8, 4) is 0 Å². The van der Waals surface area contributed by atoms with E-state index in [0.717, 1.165) is 12.3 Å². The minimum Gasteiger partial charge on any atom is -0.380 e. The summed E-state index contributed by atoms with van der Waals surface area (Å²) in [6.45, 7) is 0. The van der Waals surface area contributed by atoms with Crippen molar-refractivity contribution in [2.45, 2.75) is 50.7 Å². The van der Waals surface area contributed by atoms with Gasteiger partial charge in [0.05, 0.1) is 6.10 Å². The van der Waals surface area contributed by atoms with Crippen molar-refractivity contribution in [1.82, 2.24) is 5.32 Å². The van der Waals surface area contributed by atoms with Gasteiger partial charge in [0.15, 0.2) is 0 Å². The normalized spacial score (nSPS) is 20.4. The molecule has 2 unspecified atom stereocenters. The van der Waals surface area contributed by atoms with Gasteiger partial charge in [-0.05, 0) is 54.2 Å². The van der Waals surface area contributed by atoms with Crippen LogP contribution in [0.5, 0.6) is 0 Å². The molecule has 1 aliphatic rings. The second-order valence-corrected chi connectivity index (χ2v) is 7.34. The monoisotopic (exact) mass is 345 g/mol. The predicted octanol–water partition coefficient (Wildman–Crippen LogP) is 4.24. The molecule has 1 aromatic rings. The Morgan fingerprint density at radius 1 is 1.42 bits per heavy atom. The lowest BCUT2D eigenvalue weighted by Gasteiger charge is -2.34. The van der Waals surface area contributed by atoms with Crippen molar-refractivity contribution in [1.29, 1.82) is 0 Å². The summed E-state index contributed by atoms with van der Waals surface area (Å²) in [6, 6.07) is 2.64. The van der Waals surface area contributed by atoms with E-state index in [2.05, 4.69) is 39.7 Å². The molecule has 1 fully saturated rings. The number of methoxy groups -OCH3 is 1. The molecule has 0 aliphatic heterocycles. The van der Waals surface area contributed by atoms with E-state index in [1.54, 1.807) is 0 Å². The van der Waals surface area contributed by atoms with Crippen LogP contribution in [0.2, 0.25) is 0 Å². The van der Waals surface area contributed by atoms with Crippen molar-refractivity contribution >= 4 is 27.3 Å². The molecule has 0 saturated heterocycles. The van der Waals surface area contributed by atoms with Crippen LogP contribution < -0.4 is 5.32 Å². The van der Waals surface area contributed by atoms with Crippen molar-refractivity contribution in [3.05, 3.63) is 20.8 Å². The van der Waals surface area contributed by atoms with E-state index < -0.39 is 0 Å². The van der Waals surface area contributed by atoms with Gasteiger partial charge >= 0.3 is 0 Å². The molecule has 2 rings (SSSR count). The summed E-state index contributed by atoms with van der Waals surface area (Å²) in [4.78, 5) is 1.42. The molecule has 0 bridgehead atoms. The third-order valence-corrected chi connectivity index (χ3v) is 5.92. The highest BCUT2D eigenvalue weighted by atomic mass is 79.9. The maximum absolute atomic E-state index is 5.85. The van der Waals surface area contributed by atoms with Crippen LogP contribution in [-0.2, 0) is 11.2 Å². The second-order valence-electron chi connectivity index (χ2n) is 5.43. The van der Waals surface area contributed by atoms with Crippen molar-refractivity contribution in [2.75, 3.05) is 14.2 Å². The fourth-order valence-electron chi connectivity index (χ4n) is 3.21. The van der Waals surface area contributed by atoms with Crippen LogP contribution in [0.1, 0.15) is 37.0 Å². The molecular weight excluding hydrogens is 322 g/mol. The van der Waals surface area contributed by atoms with Gasteiger partial charge in [-0.2, -0.15) is 0 Å². The molecular formula is C15H24BrNOS. The first-order valence-electron chi connectivity index (χ1n) is 7.17. The summed E-state index contributed by atoms with van der Waals surface area (Å²) in [5.74, 6) is 0.722. The van der Waals surface area contributed by atoms with Gasteiger partial charge < -0.3 is 10.1 Å². The van der Waals surface area contributed by atoms with Crippen molar-refractivity contribution in [2.24, 2.45) is 5.92 Å². The molecule has 0 amide bonds. The summed E-state index contributed by atoms with van der Waals surface area (Å²) in [7, 11) is 3.93. The molecule has 4 heteroatoms. The SMILES string of the molecule is CNC(Cc1cc(Br)cs1)C(OC)C1CCCCC1. The Bertz CT molecular complexity index is 376. The van der Waals surface area contributed by atoms with Crippen molar-refractivity contribution < 1.29 is 4.74 Å². The van der Waals surface area contributed by atoms with E-state index in [1.807, 2.05) is 18.4 Å². The van der Waals surface area contributed by atoms with Crippen LogP contribution in [0.3, 0.4) is 0 Å². The Balaban J connectivity index is 2.00. The number of nitrogens with one attached hydrogen (secondary N) is 1. The van der Waals surface area contributed by atoms with Gasteiger partial charge in [-0.1, -0.05) is 19.3 Å². The minimum atomic E-state index is 0.339. The third kappa shape index (κ3) is 4.28. The highest BCUT2D eigenvalue weighted by Gasteiger charge is 2.30. The topological polar surface area (TPSA) is 21.3 Å². The van der Waals surface area contributed by atoms with Gasteiger partial charge in [-0.3, -0.25) is 0 Å². The van der Waals surface area contributed by atoms with Crippen LogP contribution >= 0.6 is 27.3 Å². The van der Waals surface area contributed by atoms with E-state index in [0.29, 0.717) is 12.1 Å². The highest BCUT2D eigenvalue weighted by Crippen LogP contribution is 2.31. The van der Waals surface area contributed by atoms with E-state index in [4.69, 9.17) is 4.74 Å². The zero-order valence-corrected chi connectivity index (χ0v) is 14.2. The quantitative estimate of drug-likeness (QED) is 0.832. The lowest BCUT2D eigenvalue weighted by Crippen LogP contribution is -2.45. The summed E-state index contributed by atoms with van der Waals surface area (Å²) in [6.07, 6.45) is 8.18. The molecule has 2 atom stereocenters.